The van der Waals surface area contributed by atoms with Gasteiger partial charge in [0.25, 0.3) is 0 Å². The van der Waals surface area contributed by atoms with Crippen LogP contribution in [-0.4, -0.2) is 13.1 Å². The Morgan fingerprint density at radius 2 is 1.76 bits per heavy atom. The average molecular weight is 402 g/mol. The average Bonchev–Trinajstić information content (AvgIpc) is 3.06. The molecule has 0 spiro atoms. The molecule has 2 heterocycles. The van der Waals surface area contributed by atoms with E-state index < -0.39 is 8.07 Å². The standard InChI is InChI=1S/C26H31NOSi/c1-8-26(3,4)20-15-21(27-16-17(20)2)18-13-14-23(29(5,6)7)24-19-11-9-10-12-22(19)28-25(18)24/h9-16H,8H2,1-7H3. The molecule has 4 rings (SSSR count). The van der Waals surface area contributed by atoms with Crippen LogP contribution < -0.4 is 5.19 Å². The maximum Gasteiger partial charge on any atom is 0.144 e. The van der Waals surface area contributed by atoms with Crippen LogP contribution in [0.3, 0.4) is 0 Å². The molecule has 0 aliphatic carbocycles. The third kappa shape index (κ3) is 3.32. The highest BCUT2D eigenvalue weighted by molar-refractivity contribution is 6.90. The maximum atomic E-state index is 6.44. The minimum Gasteiger partial charge on any atom is -0.455 e. The van der Waals surface area contributed by atoms with Crippen molar-refractivity contribution in [1.82, 2.24) is 4.98 Å². The summed E-state index contributed by atoms with van der Waals surface area (Å²) in [6.07, 6.45) is 3.11. The van der Waals surface area contributed by atoms with Gasteiger partial charge in [0.1, 0.15) is 11.2 Å². The van der Waals surface area contributed by atoms with E-state index in [1.54, 1.807) is 0 Å². The molecule has 0 aliphatic rings. The van der Waals surface area contributed by atoms with Gasteiger partial charge in [-0.25, -0.2) is 0 Å². The first kappa shape index (κ1) is 19.9. The molecule has 0 N–H and O–H groups in total. The topological polar surface area (TPSA) is 26.0 Å². The second-order valence-corrected chi connectivity index (χ2v) is 14.9. The maximum absolute atomic E-state index is 6.44. The number of furan rings is 1. The fourth-order valence-electron chi connectivity index (χ4n) is 4.25. The van der Waals surface area contributed by atoms with Crippen molar-refractivity contribution in [2.75, 3.05) is 0 Å². The lowest BCUT2D eigenvalue weighted by Crippen LogP contribution is -2.37. The fourth-order valence-corrected chi connectivity index (χ4v) is 5.83. The molecule has 0 radical (unpaired) electrons. The summed E-state index contributed by atoms with van der Waals surface area (Å²) in [6, 6.07) is 15.2. The monoisotopic (exact) mass is 401 g/mol. The lowest BCUT2D eigenvalue weighted by molar-refractivity contribution is 0.503. The summed E-state index contributed by atoms with van der Waals surface area (Å²) >= 11 is 0. The lowest BCUT2D eigenvalue weighted by atomic mass is 9.80. The summed E-state index contributed by atoms with van der Waals surface area (Å²) in [7, 11) is -1.54. The van der Waals surface area contributed by atoms with E-state index in [1.165, 1.54) is 27.1 Å². The van der Waals surface area contributed by atoms with Gasteiger partial charge in [-0.3, -0.25) is 4.98 Å². The molecule has 0 amide bonds. The molecule has 0 saturated heterocycles. The molecular formula is C26H31NOSi. The molecule has 2 nitrogen and oxygen atoms in total. The van der Waals surface area contributed by atoms with Gasteiger partial charge < -0.3 is 4.42 Å². The molecule has 2 aromatic heterocycles. The van der Waals surface area contributed by atoms with Gasteiger partial charge in [0.15, 0.2) is 0 Å². The predicted molar refractivity (Wildman–Crippen MR) is 128 cm³/mol. The molecular weight excluding hydrogens is 370 g/mol. The third-order valence-electron chi connectivity index (χ3n) is 6.33. The Morgan fingerprint density at radius 1 is 1.03 bits per heavy atom. The number of hydrogen-bond donors (Lipinski definition) is 0. The molecule has 0 aliphatic heterocycles. The highest BCUT2D eigenvalue weighted by Gasteiger charge is 2.26. The summed E-state index contributed by atoms with van der Waals surface area (Å²) < 4.78 is 6.44. The number of aromatic nitrogens is 1. The molecule has 4 aromatic rings. The van der Waals surface area contributed by atoms with E-state index in [4.69, 9.17) is 9.40 Å². The molecule has 2 aromatic carbocycles. The van der Waals surface area contributed by atoms with Gasteiger partial charge in [0, 0.05) is 22.5 Å². The van der Waals surface area contributed by atoms with Crippen molar-refractivity contribution >= 4 is 35.2 Å². The zero-order chi connectivity index (χ0) is 21.0. The predicted octanol–water partition coefficient (Wildman–Crippen LogP) is 7.19. The van der Waals surface area contributed by atoms with Crippen LogP contribution >= 0.6 is 0 Å². The Labute approximate surface area is 175 Å². The van der Waals surface area contributed by atoms with Crippen LogP contribution in [0.1, 0.15) is 38.3 Å². The molecule has 29 heavy (non-hydrogen) atoms. The van der Waals surface area contributed by atoms with Crippen LogP contribution in [0.2, 0.25) is 19.6 Å². The first-order chi connectivity index (χ1) is 13.6. The highest BCUT2D eigenvalue weighted by Crippen LogP contribution is 2.37. The first-order valence-corrected chi connectivity index (χ1v) is 14.1. The largest absolute Gasteiger partial charge is 0.455 e. The number of aryl methyl sites for hydroxylation is 1. The van der Waals surface area contributed by atoms with E-state index in [0.29, 0.717) is 0 Å². The van der Waals surface area contributed by atoms with Crippen molar-refractivity contribution in [3.8, 4) is 11.3 Å². The van der Waals surface area contributed by atoms with Gasteiger partial charge in [-0.15, -0.1) is 0 Å². The summed E-state index contributed by atoms with van der Waals surface area (Å²) in [5.74, 6) is 0. The van der Waals surface area contributed by atoms with Crippen molar-refractivity contribution in [2.45, 2.75) is 59.2 Å². The minimum absolute atomic E-state index is 0.118. The molecule has 0 unspecified atom stereocenters. The molecule has 0 saturated carbocycles. The minimum atomic E-state index is -1.54. The van der Waals surface area contributed by atoms with Crippen LogP contribution in [0.15, 0.2) is 53.1 Å². The summed E-state index contributed by atoms with van der Waals surface area (Å²) in [5.41, 5.74) is 6.75. The number of rotatable bonds is 4. The van der Waals surface area contributed by atoms with Crippen molar-refractivity contribution in [3.63, 3.8) is 0 Å². The number of fused-ring (bicyclic) bond motifs is 3. The van der Waals surface area contributed by atoms with Crippen LogP contribution in [0, 0.1) is 6.92 Å². The Morgan fingerprint density at radius 3 is 2.45 bits per heavy atom. The molecule has 0 atom stereocenters. The summed E-state index contributed by atoms with van der Waals surface area (Å²) in [4.78, 5) is 4.82. The third-order valence-corrected chi connectivity index (χ3v) is 8.36. The summed E-state index contributed by atoms with van der Waals surface area (Å²) in [5, 5.41) is 3.93. The fraction of sp³-hybridized carbons (Fsp3) is 0.346. The zero-order valence-electron chi connectivity index (χ0n) is 18.7. The van der Waals surface area contributed by atoms with E-state index in [2.05, 4.69) is 83.7 Å². The first-order valence-electron chi connectivity index (χ1n) is 10.6. The van der Waals surface area contributed by atoms with Crippen molar-refractivity contribution < 1.29 is 4.42 Å². The van der Waals surface area contributed by atoms with E-state index in [9.17, 15) is 0 Å². The quantitative estimate of drug-likeness (QED) is 0.338. The smallest absolute Gasteiger partial charge is 0.144 e. The van der Waals surface area contributed by atoms with Crippen LogP contribution in [0.25, 0.3) is 33.2 Å². The Bertz CT molecular complexity index is 1210. The number of hydrogen-bond acceptors (Lipinski definition) is 2. The SMILES string of the molecule is CCC(C)(C)c1cc(-c2ccc([Si](C)(C)C)c3c2oc2ccccc23)ncc1C. The zero-order valence-corrected chi connectivity index (χ0v) is 19.7. The van der Waals surface area contributed by atoms with Gasteiger partial charge >= 0.3 is 0 Å². The van der Waals surface area contributed by atoms with Crippen LogP contribution in [-0.2, 0) is 5.41 Å². The van der Waals surface area contributed by atoms with Gasteiger partial charge in [-0.05, 0) is 53.3 Å². The van der Waals surface area contributed by atoms with Crippen molar-refractivity contribution in [3.05, 3.63) is 59.8 Å². The molecule has 150 valence electrons. The normalized spacial score (nSPS) is 12.8. The second-order valence-electron chi connectivity index (χ2n) is 9.83. The van der Waals surface area contributed by atoms with Gasteiger partial charge in [0.05, 0.1) is 13.8 Å². The lowest BCUT2D eigenvalue weighted by Gasteiger charge is -2.26. The van der Waals surface area contributed by atoms with Crippen molar-refractivity contribution in [2.24, 2.45) is 0 Å². The number of nitrogens with zero attached hydrogens (tertiary/aromatic N) is 1. The molecule has 3 heteroatoms. The van der Waals surface area contributed by atoms with Gasteiger partial charge in [0.2, 0.25) is 0 Å². The molecule has 0 bridgehead atoms. The Hall–Kier alpha value is -2.39. The Balaban J connectivity index is 2.05. The van der Waals surface area contributed by atoms with Crippen LogP contribution in [0.5, 0.6) is 0 Å². The van der Waals surface area contributed by atoms with E-state index >= 15 is 0 Å². The molecule has 0 fully saturated rings. The van der Waals surface area contributed by atoms with E-state index in [1.807, 2.05) is 12.3 Å². The van der Waals surface area contributed by atoms with E-state index in [-0.39, 0.29) is 5.41 Å². The summed E-state index contributed by atoms with van der Waals surface area (Å²) in [6.45, 7) is 16.2. The van der Waals surface area contributed by atoms with Gasteiger partial charge in [-0.2, -0.15) is 0 Å². The van der Waals surface area contributed by atoms with Crippen molar-refractivity contribution in [1.29, 1.82) is 0 Å². The Kier molecular flexibility index (Phi) is 4.70. The van der Waals surface area contributed by atoms with Crippen LogP contribution in [0.4, 0.5) is 0 Å². The second kappa shape index (κ2) is 6.84. The van der Waals surface area contributed by atoms with Gasteiger partial charge in [-0.1, -0.05) is 64.7 Å². The van der Waals surface area contributed by atoms with E-state index in [0.717, 1.165) is 28.8 Å². The number of para-hydroxylation sites is 1. The number of benzene rings is 2. The number of pyridine rings is 1. The highest BCUT2D eigenvalue weighted by atomic mass is 28.3.